The van der Waals surface area contributed by atoms with E-state index < -0.39 is 0 Å². The minimum absolute atomic E-state index is 0.361. The van der Waals surface area contributed by atoms with Crippen molar-refractivity contribution in [2.75, 3.05) is 11.9 Å². The van der Waals surface area contributed by atoms with Crippen molar-refractivity contribution in [3.05, 3.63) is 41.6 Å². The summed E-state index contributed by atoms with van der Waals surface area (Å²) < 4.78 is 4.79. The molecular formula is C13H14N2O2. The molecule has 0 radical (unpaired) electrons. The van der Waals surface area contributed by atoms with Crippen LogP contribution < -0.4 is 5.32 Å². The van der Waals surface area contributed by atoms with Crippen LogP contribution in [0.2, 0.25) is 0 Å². The lowest BCUT2D eigenvalue weighted by Gasteiger charge is -2.06. The Morgan fingerprint density at radius 1 is 1.47 bits per heavy atom. The largest absolute Gasteiger partial charge is 0.463 e. The van der Waals surface area contributed by atoms with Gasteiger partial charge in [-0.3, -0.25) is 0 Å². The Balaban J connectivity index is 2.64. The predicted octanol–water partition coefficient (Wildman–Crippen LogP) is 2.44. The molecule has 0 aromatic heterocycles. The average molecular weight is 230 g/mol. The second-order valence-electron chi connectivity index (χ2n) is 3.39. The smallest absolute Gasteiger partial charge is 0.332 e. The minimum atomic E-state index is -0.369. The Bertz CT molecular complexity index is 455. The molecular weight excluding hydrogens is 216 g/mol. The first kappa shape index (κ1) is 12.8. The van der Waals surface area contributed by atoms with Crippen LogP contribution in [0.15, 0.2) is 36.0 Å². The van der Waals surface area contributed by atoms with Gasteiger partial charge in [0.25, 0.3) is 0 Å². The third-order valence-electron chi connectivity index (χ3n) is 1.98. The number of nitrogens with one attached hydrogen (secondary N) is 1. The summed E-state index contributed by atoms with van der Waals surface area (Å²) in [6.45, 7) is 3.89. The number of nitrogens with zero attached hydrogens (tertiary/aromatic N) is 1. The van der Waals surface area contributed by atoms with E-state index in [0.29, 0.717) is 17.9 Å². The van der Waals surface area contributed by atoms with Crippen LogP contribution >= 0.6 is 0 Å². The summed E-state index contributed by atoms with van der Waals surface area (Å²) in [5, 5.41) is 11.7. The molecule has 0 aliphatic heterocycles. The zero-order valence-electron chi connectivity index (χ0n) is 9.86. The van der Waals surface area contributed by atoms with Crippen LogP contribution in [0.4, 0.5) is 5.69 Å². The van der Waals surface area contributed by atoms with Crippen LogP contribution in [0.5, 0.6) is 0 Å². The van der Waals surface area contributed by atoms with Gasteiger partial charge in [-0.25, -0.2) is 4.79 Å². The number of benzene rings is 1. The summed E-state index contributed by atoms with van der Waals surface area (Å²) in [5.41, 5.74) is 2.11. The molecule has 0 amide bonds. The lowest BCUT2D eigenvalue weighted by Crippen LogP contribution is -2.04. The van der Waals surface area contributed by atoms with Crippen LogP contribution in [0, 0.1) is 11.3 Å². The molecule has 88 valence electrons. The van der Waals surface area contributed by atoms with Crippen molar-refractivity contribution in [3.8, 4) is 6.07 Å². The van der Waals surface area contributed by atoms with E-state index in [1.54, 1.807) is 38.1 Å². The minimum Gasteiger partial charge on any atom is -0.463 e. The second kappa shape index (κ2) is 6.33. The highest BCUT2D eigenvalue weighted by Crippen LogP contribution is 2.11. The molecule has 0 spiro atoms. The maximum Gasteiger partial charge on any atom is 0.332 e. The van der Waals surface area contributed by atoms with Crippen molar-refractivity contribution in [1.82, 2.24) is 0 Å². The lowest BCUT2D eigenvalue weighted by molar-refractivity contribution is -0.137. The van der Waals surface area contributed by atoms with Gasteiger partial charge in [0.05, 0.1) is 18.2 Å². The number of ether oxygens (including phenoxy) is 1. The average Bonchev–Trinajstić information content (AvgIpc) is 2.30. The Labute approximate surface area is 101 Å². The van der Waals surface area contributed by atoms with E-state index in [4.69, 9.17) is 10.00 Å². The van der Waals surface area contributed by atoms with E-state index >= 15 is 0 Å². The van der Waals surface area contributed by atoms with E-state index in [0.717, 1.165) is 5.69 Å². The molecule has 0 fully saturated rings. The molecule has 0 heterocycles. The van der Waals surface area contributed by atoms with Crippen LogP contribution in [0.1, 0.15) is 19.4 Å². The van der Waals surface area contributed by atoms with E-state index in [1.165, 1.54) is 6.08 Å². The number of anilines is 1. The van der Waals surface area contributed by atoms with Crippen molar-refractivity contribution in [2.45, 2.75) is 13.8 Å². The van der Waals surface area contributed by atoms with Crippen LogP contribution in [0.3, 0.4) is 0 Å². The van der Waals surface area contributed by atoms with Crippen LogP contribution in [-0.2, 0) is 9.53 Å². The highest BCUT2D eigenvalue weighted by molar-refractivity contribution is 5.83. The molecule has 1 aromatic rings. The fraction of sp³-hybridized carbons (Fsp3) is 0.231. The van der Waals surface area contributed by atoms with Gasteiger partial charge in [0, 0.05) is 17.5 Å². The molecule has 1 N–H and O–H groups in total. The van der Waals surface area contributed by atoms with Gasteiger partial charge in [0.2, 0.25) is 0 Å². The highest BCUT2D eigenvalue weighted by Gasteiger charge is 1.99. The van der Waals surface area contributed by atoms with Crippen LogP contribution in [-0.4, -0.2) is 12.6 Å². The van der Waals surface area contributed by atoms with E-state index in [-0.39, 0.29) is 5.97 Å². The molecule has 0 aliphatic carbocycles. The summed E-state index contributed by atoms with van der Waals surface area (Å²) >= 11 is 0. The van der Waals surface area contributed by atoms with Gasteiger partial charge in [0.1, 0.15) is 0 Å². The van der Waals surface area contributed by atoms with Gasteiger partial charge in [-0.2, -0.15) is 5.26 Å². The number of hydrogen-bond acceptors (Lipinski definition) is 4. The van der Waals surface area contributed by atoms with E-state index in [9.17, 15) is 4.79 Å². The maximum atomic E-state index is 11.2. The molecule has 17 heavy (non-hydrogen) atoms. The monoisotopic (exact) mass is 230 g/mol. The second-order valence-corrected chi connectivity index (χ2v) is 3.39. The van der Waals surface area contributed by atoms with Gasteiger partial charge in [-0.15, -0.1) is 0 Å². The fourth-order valence-corrected chi connectivity index (χ4v) is 1.25. The van der Waals surface area contributed by atoms with Gasteiger partial charge < -0.3 is 10.1 Å². The number of rotatable bonds is 4. The zero-order chi connectivity index (χ0) is 12.7. The highest BCUT2D eigenvalue weighted by atomic mass is 16.5. The summed E-state index contributed by atoms with van der Waals surface area (Å²) in [5.74, 6) is -0.369. The van der Waals surface area contributed by atoms with Crippen LogP contribution in [0.25, 0.3) is 0 Å². The molecule has 0 atom stereocenters. The third-order valence-corrected chi connectivity index (χ3v) is 1.98. The molecule has 1 aromatic carbocycles. The molecule has 0 saturated heterocycles. The topological polar surface area (TPSA) is 62.1 Å². The summed E-state index contributed by atoms with van der Waals surface area (Å²) in [7, 11) is 0. The van der Waals surface area contributed by atoms with Crippen molar-refractivity contribution >= 4 is 11.7 Å². The summed E-state index contributed by atoms with van der Waals surface area (Å²) in [4.78, 5) is 11.2. The number of hydrogen-bond donors (Lipinski definition) is 1. The maximum absolute atomic E-state index is 11.2. The molecule has 4 heteroatoms. The quantitative estimate of drug-likeness (QED) is 0.637. The van der Waals surface area contributed by atoms with E-state index in [1.807, 2.05) is 6.07 Å². The Kier molecular flexibility index (Phi) is 4.77. The normalized spacial score (nSPS) is 10.5. The lowest BCUT2D eigenvalue weighted by atomic mass is 10.2. The van der Waals surface area contributed by atoms with Crippen molar-refractivity contribution in [2.24, 2.45) is 0 Å². The summed E-state index contributed by atoms with van der Waals surface area (Å²) in [6.07, 6.45) is 1.39. The molecule has 4 nitrogen and oxygen atoms in total. The van der Waals surface area contributed by atoms with Gasteiger partial charge in [-0.1, -0.05) is 0 Å². The van der Waals surface area contributed by atoms with E-state index in [2.05, 4.69) is 5.32 Å². The molecule has 0 saturated carbocycles. The zero-order valence-corrected chi connectivity index (χ0v) is 9.86. The molecule has 0 aliphatic rings. The van der Waals surface area contributed by atoms with Gasteiger partial charge >= 0.3 is 5.97 Å². The molecule has 0 unspecified atom stereocenters. The first-order valence-electron chi connectivity index (χ1n) is 5.28. The number of carbonyl (C=O) groups excluding carboxylic acids is 1. The van der Waals surface area contributed by atoms with Gasteiger partial charge in [0.15, 0.2) is 0 Å². The first-order valence-corrected chi connectivity index (χ1v) is 5.28. The third kappa shape index (κ3) is 4.39. The predicted molar refractivity (Wildman–Crippen MR) is 65.2 cm³/mol. The standard InChI is InChI=1S/C13H14N2O2/c1-3-17-13(16)8-10(2)15-12-6-4-11(9-14)5-7-12/h4-8,15H,3H2,1-2H3/b10-8+. The Morgan fingerprint density at radius 2 is 2.12 bits per heavy atom. The number of allylic oxidation sites excluding steroid dienone is 1. The number of carbonyl (C=O) groups is 1. The number of esters is 1. The summed E-state index contributed by atoms with van der Waals surface area (Å²) in [6, 6.07) is 9.01. The Morgan fingerprint density at radius 3 is 2.65 bits per heavy atom. The SMILES string of the molecule is CCOC(=O)/C=C(\C)Nc1ccc(C#N)cc1. The molecule has 0 bridgehead atoms. The first-order chi connectivity index (χ1) is 8.15. The Hall–Kier alpha value is -2.28. The fourth-order valence-electron chi connectivity index (χ4n) is 1.25. The number of nitriles is 1. The van der Waals surface area contributed by atoms with Crippen molar-refractivity contribution in [1.29, 1.82) is 5.26 Å². The van der Waals surface area contributed by atoms with Crippen molar-refractivity contribution < 1.29 is 9.53 Å². The van der Waals surface area contributed by atoms with Gasteiger partial charge in [-0.05, 0) is 38.1 Å². The van der Waals surface area contributed by atoms with Crippen molar-refractivity contribution in [3.63, 3.8) is 0 Å². The molecule has 1 rings (SSSR count).